The molecule has 25 heavy (non-hydrogen) atoms. The van der Waals surface area contributed by atoms with Crippen LogP contribution >= 0.6 is 11.9 Å². The number of hydrogen-bond donors (Lipinski definition) is 3. The summed E-state index contributed by atoms with van der Waals surface area (Å²) in [5, 5.41) is 12.8. The lowest BCUT2D eigenvalue weighted by atomic mass is 9.85. The molecule has 1 aliphatic carbocycles. The maximum Gasteiger partial charge on any atom is 0.271 e. The molecule has 6 nitrogen and oxygen atoms in total. The van der Waals surface area contributed by atoms with Crippen molar-refractivity contribution in [1.29, 1.82) is 0 Å². The van der Waals surface area contributed by atoms with Crippen LogP contribution < -0.4 is 15.5 Å². The standard InChI is InChI=1S/C17H24FN3O3S/c1-3-25-21(23)20-16(22)13-6-12(11-4-5-11)15(7-14(13)18)24-10-17(2)8-19-9-17/h6-7,11,19,23H,3-5,8-10H2,1-2H3,(H,20,22). The Hall–Kier alpha value is -1.35. The molecule has 2 fully saturated rings. The van der Waals surface area contributed by atoms with E-state index in [1.165, 1.54) is 6.07 Å². The Balaban J connectivity index is 1.76. The average Bonchev–Trinajstić information content (AvgIpc) is 3.35. The van der Waals surface area contributed by atoms with Crippen LogP contribution in [0.2, 0.25) is 0 Å². The molecule has 1 aromatic rings. The molecule has 0 bridgehead atoms. The van der Waals surface area contributed by atoms with Crippen LogP contribution in [0.15, 0.2) is 12.1 Å². The van der Waals surface area contributed by atoms with Crippen LogP contribution in [0, 0.1) is 11.2 Å². The molecule has 0 spiro atoms. The van der Waals surface area contributed by atoms with E-state index in [9.17, 15) is 14.4 Å². The van der Waals surface area contributed by atoms with Crippen molar-refractivity contribution in [2.45, 2.75) is 32.6 Å². The molecule has 1 aromatic carbocycles. The van der Waals surface area contributed by atoms with E-state index < -0.39 is 11.7 Å². The molecule has 3 rings (SSSR count). The minimum atomic E-state index is -0.676. The van der Waals surface area contributed by atoms with Gasteiger partial charge in [0.2, 0.25) is 0 Å². The molecular weight excluding hydrogens is 345 g/mol. The Morgan fingerprint density at radius 2 is 2.24 bits per heavy atom. The first-order valence-electron chi connectivity index (χ1n) is 8.52. The normalized spacial score (nSPS) is 18.8. The number of carbonyl (C=O) groups excluding carboxylic acids is 1. The summed E-state index contributed by atoms with van der Waals surface area (Å²) >= 11 is 1.01. The number of halogens is 1. The first kappa shape index (κ1) is 18.4. The fraction of sp³-hybridized carbons (Fsp3) is 0.588. The highest BCUT2D eigenvalue weighted by molar-refractivity contribution is 7.96. The van der Waals surface area contributed by atoms with Gasteiger partial charge in [0.25, 0.3) is 5.91 Å². The largest absolute Gasteiger partial charge is 0.493 e. The van der Waals surface area contributed by atoms with Crippen LogP contribution in [0.4, 0.5) is 4.39 Å². The zero-order valence-electron chi connectivity index (χ0n) is 14.5. The highest BCUT2D eigenvalue weighted by Crippen LogP contribution is 2.45. The van der Waals surface area contributed by atoms with Gasteiger partial charge in [-0.25, -0.2) is 4.39 Å². The first-order valence-corrected chi connectivity index (χ1v) is 9.46. The van der Waals surface area contributed by atoms with Crippen molar-refractivity contribution in [3.05, 3.63) is 29.1 Å². The van der Waals surface area contributed by atoms with Gasteiger partial charge in [-0.2, -0.15) is 0 Å². The molecule has 2 aliphatic rings. The molecule has 1 amide bonds. The van der Waals surface area contributed by atoms with Crippen LogP contribution in [-0.2, 0) is 0 Å². The van der Waals surface area contributed by atoms with E-state index in [2.05, 4.69) is 17.7 Å². The zero-order valence-corrected chi connectivity index (χ0v) is 15.3. The van der Waals surface area contributed by atoms with Gasteiger partial charge in [-0.15, -0.1) is 0 Å². The van der Waals surface area contributed by atoms with E-state index in [0.29, 0.717) is 28.6 Å². The summed E-state index contributed by atoms with van der Waals surface area (Å²) in [6, 6.07) is 2.86. The summed E-state index contributed by atoms with van der Waals surface area (Å²) in [5.74, 6) is 0.0823. The quantitative estimate of drug-likeness (QED) is 0.483. The Kier molecular flexibility index (Phi) is 5.52. The lowest BCUT2D eigenvalue weighted by Gasteiger charge is -2.39. The van der Waals surface area contributed by atoms with E-state index in [4.69, 9.17) is 4.74 Å². The Bertz CT molecular complexity index is 650. The molecule has 0 aromatic heterocycles. The highest BCUT2D eigenvalue weighted by atomic mass is 32.2. The number of ether oxygens (including phenoxy) is 1. The maximum absolute atomic E-state index is 14.5. The number of hydrazine groups is 1. The second kappa shape index (κ2) is 7.49. The smallest absolute Gasteiger partial charge is 0.271 e. The van der Waals surface area contributed by atoms with Crippen molar-refractivity contribution >= 4 is 17.9 Å². The van der Waals surface area contributed by atoms with E-state index in [1.807, 2.05) is 6.92 Å². The van der Waals surface area contributed by atoms with Gasteiger partial charge in [-0.1, -0.05) is 13.8 Å². The predicted molar refractivity (Wildman–Crippen MR) is 94.1 cm³/mol. The number of amides is 1. The summed E-state index contributed by atoms with van der Waals surface area (Å²) in [7, 11) is 0. The highest BCUT2D eigenvalue weighted by Gasteiger charge is 2.34. The van der Waals surface area contributed by atoms with E-state index in [1.54, 1.807) is 6.07 Å². The number of nitrogens with zero attached hydrogens (tertiary/aromatic N) is 1. The second-order valence-corrected chi connectivity index (χ2v) is 8.16. The third kappa shape index (κ3) is 4.44. The third-order valence-electron chi connectivity index (χ3n) is 4.49. The Labute approximate surface area is 151 Å². The number of rotatable bonds is 8. The van der Waals surface area contributed by atoms with Crippen molar-refractivity contribution in [1.82, 2.24) is 15.3 Å². The molecule has 0 radical (unpaired) electrons. The number of hydrogen-bond acceptors (Lipinski definition) is 6. The summed E-state index contributed by atoms with van der Waals surface area (Å²) in [6.07, 6.45) is 2.03. The molecule has 1 heterocycles. The van der Waals surface area contributed by atoms with Gasteiger partial charge in [-0.3, -0.25) is 15.4 Å². The van der Waals surface area contributed by atoms with Crippen molar-refractivity contribution in [3.63, 3.8) is 0 Å². The number of benzene rings is 1. The minimum Gasteiger partial charge on any atom is -0.493 e. The fourth-order valence-corrected chi connectivity index (χ4v) is 3.18. The van der Waals surface area contributed by atoms with Gasteiger partial charge >= 0.3 is 0 Å². The monoisotopic (exact) mass is 369 g/mol. The zero-order chi connectivity index (χ0) is 18.0. The van der Waals surface area contributed by atoms with Gasteiger partial charge < -0.3 is 10.1 Å². The molecule has 3 N–H and O–H groups in total. The molecule has 1 saturated carbocycles. The van der Waals surface area contributed by atoms with Crippen molar-refractivity contribution < 1.29 is 19.1 Å². The van der Waals surface area contributed by atoms with Crippen LogP contribution in [0.5, 0.6) is 5.75 Å². The summed E-state index contributed by atoms with van der Waals surface area (Å²) in [6.45, 7) is 6.24. The average molecular weight is 369 g/mol. The van der Waals surface area contributed by atoms with Crippen LogP contribution in [0.25, 0.3) is 0 Å². The van der Waals surface area contributed by atoms with Gasteiger partial charge in [0, 0.05) is 30.3 Å². The lowest BCUT2D eigenvalue weighted by Crippen LogP contribution is -2.54. The predicted octanol–water partition coefficient (Wildman–Crippen LogP) is 2.70. The topological polar surface area (TPSA) is 73.8 Å². The molecule has 1 aliphatic heterocycles. The number of nitrogens with one attached hydrogen (secondary N) is 2. The summed E-state index contributed by atoms with van der Waals surface area (Å²) in [5.41, 5.74) is 3.10. The fourth-order valence-electron chi connectivity index (χ4n) is 2.79. The molecule has 0 atom stereocenters. The van der Waals surface area contributed by atoms with Crippen molar-refractivity contribution in [2.75, 3.05) is 25.4 Å². The molecule has 8 heteroatoms. The van der Waals surface area contributed by atoms with Crippen molar-refractivity contribution in [3.8, 4) is 5.75 Å². The van der Waals surface area contributed by atoms with Gasteiger partial charge in [0.1, 0.15) is 11.6 Å². The van der Waals surface area contributed by atoms with Crippen LogP contribution in [0.1, 0.15) is 48.5 Å². The molecule has 1 saturated heterocycles. The van der Waals surface area contributed by atoms with E-state index >= 15 is 0 Å². The minimum absolute atomic E-state index is 0.0715. The summed E-state index contributed by atoms with van der Waals surface area (Å²) < 4.78 is 21.0. The maximum atomic E-state index is 14.5. The van der Waals surface area contributed by atoms with Gasteiger partial charge in [0.05, 0.1) is 12.2 Å². The van der Waals surface area contributed by atoms with Gasteiger partial charge in [-0.05, 0) is 46.9 Å². The van der Waals surface area contributed by atoms with Crippen LogP contribution in [0.3, 0.4) is 0 Å². The molecular formula is C17H24FN3O3S. The lowest BCUT2D eigenvalue weighted by molar-refractivity contribution is -0.0246. The molecule has 138 valence electrons. The van der Waals surface area contributed by atoms with E-state index in [0.717, 1.165) is 43.4 Å². The van der Waals surface area contributed by atoms with Gasteiger partial charge in [0.15, 0.2) is 0 Å². The molecule has 0 unspecified atom stereocenters. The third-order valence-corrected chi connectivity index (χ3v) is 5.08. The second-order valence-electron chi connectivity index (χ2n) is 6.98. The Morgan fingerprint density at radius 1 is 1.52 bits per heavy atom. The van der Waals surface area contributed by atoms with Crippen molar-refractivity contribution in [2.24, 2.45) is 5.41 Å². The summed E-state index contributed by atoms with van der Waals surface area (Å²) in [4.78, 5) is 12.2. The SMILES string of the molecule is CCSN(O)NC(=O)c1cc(C2CC2)c(OCC2(C)CNC2)cc1F. The number of carbonyl (C=O) groups is 1. The van der Waals surface area contributed by atoms with E-state index in [-0.39, 0.29) is 11.0 Å². The van der Waals surface area contributed by atoms with Crippen LogP contribution in [-0.4, -0.2) is 41.1 Å². The first-order chi connectivity index (χ1) is 11.9. The Morgan fingerprint density at radius 3 is 2.80 bits per heavy atom.